The third kappa shape index (κ3) is 2.14. The lowest BCUT2D eigenvalue weighted by molar-refractivity contribution is -0.150. The van der Waals surface area contributed by atoms with Crippen LogP contribution in [0.15, 0.2) is 18.6 Å². The van der Waals surface area contributed by atoms with Crippen molar-refractivity contribution in [2.45, 2.75) is 13.3 Å². The molecule has 3 heterocycles. The molecule has 1 atom stereocenters. The molecule has 1 saturated heterocycles. The maximum Gasteiger partial charge on any atom is 0.313 e. The van der Waals surface area contributed by atoms with E-state index in [1.165, 1.54) is 13.4 Å². The first-order valence-corrected chi connectivity index (χ1v) is 6.71. The monoisotopic (exact) mass is 288 g/mol. The average Bonchev–Trinajstić information content (AvgIpc) is 3.12. The first-order valence-electron chi connectivity index (χ1n) is 6.71. The topological polar surface area (TPSA) is 88.2 Å². The zero-order valence-corrected chi connectivity index (χ0v) is 11.9. The number of esters is 1. The predicted molar refractivity (Wildman–Crippen MR) is 74.5 cm³/mol. The quantitative estimate of drug-likeness (QED) is 0.832. The van der Waals surface area contributed by atoms with E-state index in [1.807, 2.05) is 6.92 Å². The second-order valence-electron chi connectivity index (χ2n) is 5.49. The standard InChI is InChI=1S/C14H16N4O3/c1-14(13(20)21-2)4-6-18(7-14)12(19)9-3-5-15-11-10(9)16-8-17-11/h3,5,8H,4,6-7H2,1-2H3,(H,15,16,17). The molecular weight excluding hydrogens is 272 g/mol. The lowest BCUT2D eigenvalue weighted by Gasteiger charge is -2.21. The molecule has 0 saturated carbocycles. The number of aromatic nitrogens is 3. The van der Waals surface area contributed by atoms with Gasteiger partial charge in [0, 0.05) is 19.3 Å². The number of rotatable bonds is 2. The van der Waals surface area contributed by atoms with Gasteiger partial charge in [-0.1, -0.05) is 0 Å². The van der Waals surface area contributed by atoms with Crippen LogP contribution in [0.2, 0.25) is 0 Å². The van der Waals surface area contributed by atoms with Crippen molar-refractivity contribution < 1.29 is 14.3 Å². The van der Waals surface area contributed by atoms with E-state index in [4.69, 9.17) is 4.74 Å². The van der Waals surface area contributed by atoms with Gasteiger partial charge in [-0.25, -0.2) is 9.97 Å². The molecule has 2 aromatic heterocycles. The molecule has 0 aromatic carbocycles. The Labute approximate surface area is 121 Å². The number of amides is 1. The van der Waals surface area contributed by atoms with Crippen LogP contribution in [0.3, 0.4) is 0 Å². The van der Waals surface area contributed by atoms with E-state index in [2.05, 4.69) is 15.0 Å². The van der Waals surface area contributed by atoms with Gasteiger partial charge in [-0.3, -0.25) is 9.59 Å². The number of hydrogen-bond acceptors (Lipinski definition) is 5. The molecular formula is C14H16N4O3. The number of carbonyl (C=O) groups excluding carboxylic acids is 2. The molecule has 0 aliphatic carbocycles. The fourth-order valence-electron chi connectivity index (χ4n) is 2.74. The summed E-state index contributed by atoms with van der Waals surface area (Å²) in [6.07, 6.45) is 3.67. The van der Waals surface area contributed by atoms with Gasteiger partial charge in [0.05, 0.1) is 29.9 Å². The molecule has 21 heavy (non-hydrogen) atoms. The number of aromatic amines is 1. The maximum absolute atomic E-state index is 12.7. The Morgan fingerprint density at radius 1 is 1.43 bits per heavy atom. The zero-order chi connectivity index (χ0) is 15.0. The van der Waals surface area contributed by atoms with Gasteiger partial charge in [-0.2, -0.15) is 0 Å². The van der Waals surface area contributed by atoms with E-state index >= 15 is 0 Å². The Bertz CT molecular complexity index is 711. The Hall–Kier alpha value is -2.44. The number of nitrogens with one attached hydrogen (secondary N) is 1. The van der Waals surface area contributed by atoms with Gasteiger partial charge in [-0.05, 0) is 19.4 Å². The first-order chi connectivity index (χ1) is 10.0. The van der Waals surface area contributed by atoms with Gasteiger partial charge in [0.25, 0.3) is 5.91 Å². The summed E-state index contributed by atoms with van der Waals surface area (Å²) in [5, 5.41) is 0. The zero-order valence-electron chi connectivity index (χ0n) is 11.9. The minimum atomic E-state index is -0.634. The molecule has 1 amide bonds. The van der Waals surface area contributed by atoms with Crippen molar-refractivity contribution in [2.24, 2.45) is 5.41 Å². The Balaban J connectivity index is 1.87. The number of ether oxygens (including phenoxy) is 1. The van der Waals surface area contributed by atoms with Crippen LogP contribution in [0.4, 0.5) is 0 Å². The van der Waals surface area contributed by atoms with Crippen LogP contribution < -0.4 is 0 Å². The normalized spacial score (nSPS) is 21.7. The van der Waals surface area contributed by atoms with E-state index in [-0.39, 0.29) is 11.9 Å². The molecule has 7 nitrogen and oxygen atoms in total. The van der Waals surface area contributed by atoms with Gasteiger partial charge in [0.1, 0.15) is 0 Å². The summed E-state index contributed by atoms with van der Waals surface area (Å²) < 4.78 is 4.83. The number of imidazole rings is 1. The molecule has 110 valence electrons. The number of likely N-dealkylation sites (tertiary alicyclic amines) is 1. The van der Waals surface area contributed by atoms with Crippen LogP contribution in [0.25, 0.3) is 11.2 Å². The highest BCUT2D eigenvalue weighted by molar-refractivity contribution is 6.04. The predicted octanol–water partition coefficient (Wildman–Crippen LogP) is 0.983. The highest BCUT2D eigenvalue weighted by Crippen LogP contribution is 2.32. The van der Waals surface area contributed by atoms with Crippen LogP contribution in [0, 0.1) is 5.41 Å². The molecule has 1 aliphatic rings. The first kappa shape index (κ1) is 13.5. The third-order valence-electron chi connectivity index (χ3n) is 4.00. The van der Waals surface area contributed by atoms with Gasteiger partial charge in [0.15, 0.2) is 5.65 Å². The minimum absolute atomic E-state index is 0.126. The van der Waals surface area contributed by atoms with E-state index in [9.17, 15) is 9.59 Å². The van der Waals surface area contributed by atoms with Crippen LogP contribution >= 0.6 is 0 Å². The van der Waals surface area contributed by atoms with Gasteiger partial charge < -0.3 is 14.6 Å². The van der Waals surface area contributed by atoms with Crippen LogP contribution in [0.1, 0.15) is 23.7 Å². The lowest BCUT2D eigenvalue weighted by atomic mass is 9.90. The van der Waals surface area contributed by atoms with Crippen molar-refractivity contribution >= 4 is 23.0 Å². The number of hydrogen-bond donors (Lipinski definition) is 1. The molecule has 3 rings (SSSR count). The average molecular weight is 288 g/mol. The van der Waals surface area contributed by atoms with Crippen LogP contribution in [-0.2, 0) is 9.53 Å². The van der Waals surface area contributed by atoms with Crippen molar-refractivity contribution in [1.82, 2.24) is 19.9 Å². The van der Waals surface area contributed by atoms with Crippen LogP contribution in [-0.4, -0.2) is 51.9 Å². The molecule has 1 fully saturated rings. The highest BCUT2D eigenvalue weighted by atomic mass is 16.5. The molecule has 0 radical (unpaired) electrons. The third-order valence-corrected chi connectivity index (χ3v) is 4.00. The van der Waals surface area contributed by atoms with E-state index < -0.39 is 5.41 Å². The fraction of sp³-hybridized carbons (Fsp3) is 0.429. The Morgan fingerprint density at radius 2 is 2.24 bits per heavy atom. The maximum atomic E-state index is 12.7. The van der Waals surface area contributed by atoms with E-state index in [0.29, 0.717) is 36.2 Å². The second kappa shape index (κ2) is 4.83. The number of nitrogens with zero attached hydrogens (tertiary/aromatic N) is 3. The highest BCUT2D eigenvalue weighted by Gasteiger charge is 2.43. The van der Waals surface area contributed by atoms with Gasteiger partial charge >= 0.3 is 5.97 Å². The Morgan fingerprint density at radius 3 is 3.00 bits per heavy atom. The number of fused-ring (bicyclic) bond motifs is 1. The minimum Gasteiger partial charge on any atom is -0.469 e. The summed E-state index contributed by atoms with van der Waals surface area (Å²) in [4.78, 5) is 37.2. The summed E-state index contributed by atoms with van der Waals surface area (Å²) >= 11 is 0. The summed E-state index contributed by atoms with van der Waals surface area (Å²) in [7, 11) is 1.37. The summed E-state index contributed by atoms with van der Waals surface area (Å²) in [6, 6.07) is 1.66. The van der Waals surface area contributed by atoms with Gasteiger partial charge in [0.2, 0.25) is 0 Å². The molecule has 2 aromatic rings. The number of carbonyl (C=O) groups is 2. The second-order valence-corrected chi connectivity index (χ2v) is 5.49. The van der Waals surface area contributed by atoms with Crippen molar-refractivity contribution in [1.29, 1.82) is 0 Å². The smallest absolute Gasteiger partial charge is 0.313 e. The number of methoxy groups -OCH3 is 1. The van der Waals surface area contributed by atoms with Crippen molar-refractivity contribution in [3.8, 4) is 0 Å². The fourth-order valence-corrected chi connectivity index (χ4v) is 2.74. The summed E-state index contributed by atoms with van der Waals surface area (Å²) in [5.74, 6) is -0.404. The molecule has 1 unspecified atom stereocenters. The van der Waals surface area contributed by atoms with Gasteiger partial charge in [-0.15, -0.1) is 0 Å². The van der Waals surface area contributed by atoms with E-state index in [1.54, 1.807) is 17.2 Å². The molecule has 0 spiro atoms. The van der Waals surface area contributed by atoms with Crippen LogP contribution in [0.5, 0.6) is 0 Å². The van der Waals surface area contributed by atoms with E-state index in [0.717, 1.165) is 0 Å². The summed E-state index contributed by atoms with van der Waals surface area (Å²) in [6.45, 7) is 2.71. The Kier molecular flexibility index (Phi) is 3.12. The molecule has 1 N–H and O–H groups in total. The largest absolute Gasteiger partial charge is 0.469 e. The van der Waals surface area contributed by atoms with Crippen molar-refractivity contribution in [3.05, 3.63) is 24.2 Å². The molecule has 7 heteroatoms. The molecule has 0 bridgehead atoms. The summed E-state index contributed by atoms with van der Waals surface area (Å²) in [5.41, 5.74) is 1.02. The van der Waals surface area contributed by atoms with Crippen molar-refractivity contribution in [2.75, 3.05) is 20.2 Å². The lowest BCUT2D eigenvalue weighted by Crippen LogP contribution is -2.35. The SMILES string of the molecule is COC(=O)C1(C)CCN(C(=O)c2ccnc3nc[nH]c23)C1. The number of H-pyrrole nitrogens is 1. The number of pyridine rings is 1. The molecule has 1 aliphatic heterocycles. The van der Waals surface area contributed by atoms with Crippen molar-refractivity contribution in [3.63, 3.8) is 0 Å².